The van der Waals surface area contributed by atoms with Gasteiger partial charge in [0.05, 0.1) is 34.4 Å². The van der Waals surface area contributed by atoms with Crippen molar-refractivity contribution in [2.24, 2.45) is 5.92 Å². The number of esters is 1. The van der Waals surface area contributed by atoms with Gasteiger partial charge >= 0.3 is 5.97 Å². The van der Waals surface area contributed by atoms with Gasteiger partial charge in [0.15, 0.2) is 5.60 Å². The molecule has 0 aromatic heterocycles. The van der Waals surface area contributed by atoms with E-state index in [1.165, 1.54) is 44.9 Å². The molecule has 7 aliphatic rings. The number of anilines is 4. The van der Waals surface area contributed by atoms with Gasteiger partial charge in [-0.2, -0.15) is 0 Å². The van der Waals surface area contributed by atoms with Crippen molar-refractivity contribution in [1.82, 2.24) is 4.90 Å². The van der Waals surface area contributed by atoms with Gasteiger partial charge < -0.3 is 29.2 Å². The van der Waals surface area contributed by atoms with Crippen molar-refractivity contribution >= 4 is 28.7 Å². The third kappa shape index (κ3) is 3.05. The molecule has 4 aromatic rings. The zero-order valence-electron chi connectivity index (χ0n) is 30.0. The number of ether oxygens (including phenoxy) is 1. The van der Waals surface area contributed by atoms with Crippen LogP contribution >= 0.6 is 0 Å². The van der Waals surface area contributed by atoms with Crippen LogP contribution in [-0.2, 0) is 20.4 Å². The number of hydrogen-bond acceptors (Lipinski definition) is 7. The summed E-state index contributed by atoms with van der Waals surface area (Å²) in [5.74, 6) is -0.0699. The second-order valence-corrected chi connectivity index (χ2v) is 15.8. The Hall–Kier alpha value is -5.17. The van der Waals surface area contributed by atoms with E-state index in [4.69, 9.17) is 4.74 Å². The van der Waals surface area contributed by atoms with Crippen molar-refractivity contribution in [3.63, 3.8) is 0 Å². The lowest BCUT2D eigenvalue weighted by atomic mass is 9.39. The van der Waals surface area contributed by atoms with Crippen molar-refractivity contribution in [2.75, 3.05) is 76.0 Å². The highest BCUT2D eigenvalue weighted by molar-refractivity contribution is 6.08. The van der Waals surface area contributed by atoms with Crippen LogP contribution in [0.15, 0.2) is 119 Å². The van der Waals surface area contributed by atoms with Crippen LogP contribution in [0.1, 0.15) is 22.3 Å². The summed E-state index contributed by atoms with van der Waals surface area (Å²) < 4.78 is 6.73. The van der Waals surface area contributed by atoms with Crippen LogP contribution in [0.5, 0.6) is 0 Å². The van der Waals surface area contributed by atoms with Crippen LogP contribution in [0.4, 0.5) is 22.7 Å². The van der Waals surface area contributed by atoms with E-state index in [2.05, 4.69) is 178 Å². The zero-order chi connectivity index (χ0) is 34.6. The Labute approximate surface area is 294 Å². The van der Waals surface area contributed by atoms with Gasteiger partial charge in [0.2, 0.25) is 0 Å². The maximum Gasteiger partial charge on any atom is 0.339 e. The Kier molecular flexibility index (Phi) is 5.55. The van der Waals surface area contributed by atoms with Gasteiger partial charge in [0.25, 0.3) is 0 Å². The molecule has 1 spiro atoms. The fraction of sp³-hybridized carbons (Fsp3) is 0.326. The molecule has 5 fully saturated rings. The standard InChI is InChI=1S/C43H43N5O2/c1-44(2)29-17-9-25(10-18-29)41(26-11-19-30(20-12-26)45(3)4)38-34-33-35-36(48(38)39(34)41)37-42(43(35,37)50-40(33)49,27-13-21-31(22-14-27)46(5)6)28-15-23-32(24-16-28)47(7)8/h9-24,37-39H,1-8H3. The molecule has 2 saturated carbocycles. The van der Waals surface area contributed by atoms with Crippen LogP contribution < -0.4 is 19.6 Å². The van der Waals surface area contributed by atoms with E-state index in [1.807, 2.05) is 0 Å². The number of carbonyl (C=O) groups is 1. The number of nitrogens with zero attached hydrogens (tertiary/aromatic N) is 5. The minimum absolute atomic E-state index is 0.0685. The summed E-state index contributed by atoms with van der Waals surface area (Å²) in [6.45, 7) is 0. The maximum absolute atomic E-state index is 14.3. The topological polar surface area (TPSA) is 42.5 Å². The molecule has 4 heterocycles. The minimum Gasteiger partial charge on any atom is -0.448 e. The highest BCUT2D eigenvalue weighted by Crippen LogP contribution is 2.89. The molecule has 7 nitrogen and oxygen atoms in total. The highest BCUT2D eigenvalue weighted by atomic mass is 16.6. The lowest BCUT2D eigenvalue weighted by Gasteiger charge is -2.80. The van der Waals surface area contributed by atoms with Crippen molar-refractivity contribution in [3.8, 4) is 0 Å². The van der Waals surface area contributed by atoms with E-state index in [9.17, 15) is 4.79 Å². The molecule has 4 atom stereocenters. The maximum atomic E-state index is 14.3. The predicted octanol–water partition coefficient (Wildman–Crippen LogP) is 5.79. The summed E-state index contributed by atoms with van der Waals surface area (Å²) in [5.41, 5.74) is 12.9. The van der Waals surface area contributed by atoms with Gasteiger partial charge in [-0.05, 0) is 76.4 Å². The van der Waals surface area contributed by atoms with Gasteiger partial charge in [-0.15, -0.1) is 0 Å². The molecule has 50 heavy (non-hydrogen) atoms. The average Bonchev–Trinajstić information content (AvgIpc) is 3.48. The van der Waals surface area contributed by atoms with Crippen LogP contribution in [0.3, 0.4) is 0 Å². The molecule has 0 N–H and O–H groups in total. The van der Waals surface area contributed by atoms with Crippen LogP contribution in [-0.4, -0.2) is 84.9 Å². The van der Waals surface area contributed by atoms with Crippen LogP contribution in [0.25, 0.3) is 0 Å². The van der Waals surface area contributed by atoms with Gasteiger partial charge in [-0.25, -0.2) is 4.79 Å². The van der Waals surface area contributed by atoms with Crippen molar-refractivity contribution < 1.29 is 9.53 Å². The fourth-order valence-electron chi connectivity index (χ4n) is 10.6. The number of hydrogen-bond donors (Lipinski definition) is 0. The Morgan fingerprint density at radius 1 is 0.540 bits per heavy atom. The van der Waals surface area contributed by atoms with E-state index in [0.29, 0.717) is 0 Å². The summed E-state index contributed by atoms with van der Waals surface area (Å²) in [5, 5.41) is 0. The smallest absolute Gasteiger partial charge is 0.339 e. The third-order valence-corrected chi connectivity index (χ3v) is 12.9. The summed E-state index contributed by atoms with van der Waals surface area (Å²) in [4.78, 5) is 25.5. The molecule has 4 aromatic carbocycles. The fourth-order valence-corrected chi connectivity index (χ4v) is 10.6. The molecule has 252 valence electrons. The third-order valence-electron chi connectivity index (χ3n) is 12.9. The number of fused-ring (bicyclic) bond motifs is 1. The van der Waals surface area contributed by atoms with Crippen molar-refractivity contribution in [3.05, 3.63) is 142 Å². The van der Waals surface area contributed by atoms with E-state index < -0.39 is 11.0 Å². The Morgan fingerprint density at radius 3 is 1.26 bits per heavy atom. The van der Waals surface area contributed by atoms with E-state index in [0.717, 1.165) is 22.5 Å². The molecule has 0 amide bonds. The minimum atomic E-state index is -0.659. The van der Waals surface area contributed by atoms with Gasteiger partial charge in [-0.3, -0.25) is 0 Å². The summed E-state index contributed by atoms with van der Waals surface area (Å²) >= 11 is 0. The van der Waals surface area contributed by atoms with Crippen LogP contribution in [0.2, 0.25) is 0 Å². The Morgan fingerprint density at radius 2 is 0.900 bits per heavy atom. The zero-order valence-corrected chi connectivity index (χ0v) is 30.0. The first-order valence-corrected chi connectivity index (χ1v) is 17.6. The molecule has 4 aliphatic heterocycles. The lowest BCUT2D eigenvalue weighted by Crippen LogP contribution is -2.88. The monoisotopic (exact) mass is 661 g/mol. The highest BCUT2D eigenvalue weighted by Gasteiger charge is 2.97. The summed E-state index contributed by atoms with van der Waals surface area (Å²) in [7, 11) is 16.6. The SMILES string of the molecule is CN(C)c1ccc(C2(c3ccc(N(C)C)cc3)C3C4=C5C(=O)OC67C5=C(C6C7(c5ccc(N(C)C)cc5)c5ccc(N(C)C)cc5)N3C42)cc1. The number of carbonyl (C=O) groups excluding carboxylic acids is 1. The molecular weight excluding hydrogens is 619 g/mol. The normalized spacial score (nSPS) is 26.2. The number of rotatable bonds is 8. The molecular formula is C43H43N5O2. The average molecular weight is 662 g/mol. The molecule has 3 saturated heterocycles. The molecule has 3 aliphatic carbocycles. The first-order chi connectivity index (χ1) is 24.0. The Balaban J connectivity index is 1.12. The molecule has 4 unspecified atom stereocenters. The second kappa shape index (κ2) is 9.33. The van der Waals surface area contributed by atoms with E-state index in [-0.39, 0.29) is 29.4 Å². The number of benzene rings is 4. The lowest BCUT2D eigenvalue weighted by molar-refractivity contribution is -0.141. The summed E-state index contributed by atoms with van der Waals surface area (Å²) in [6, 6.07) is 36.2. The largest absolute Gasteiger partial charge is 0.448 e. The second-order valence-electron chi connectivity index (χ2n) is 15.8. The first kappa shape index (κ1) is 29.7. The van der Waals surface area contributed by atoms with E-state index >= 15 is 0 Å². The Bertz CT molecular complexity index is 2060. The predicted molar refractivity (Wildman–Crippen MR) is 200 cm³/mol. The first-order valence-electron chi connectivity index (χ1n) is 17.6. The van der Waals surface area contributed by atoms with Crippen molar-refractivity contribution in [1.29, 1.82) is 0 Å². The quantitative estimate of drug-likeness (QED) is 0.222. The molecule has 7 heteroatoms. The van der Waals surface area contributed by atoms with Gasteiger partial charge in [-0.1, -0.05) is 48.5 Å². The molecule has 0 radical (unpaired) electrons. The summed E-state index contributed by atoms with van der Waals surface area (Å²) in [6.07, 6.45) is 0. The molecule has 11 rings (SSSR count). The van der Waals surface area contributed by atoms with Crippen molar-refractivity contribution in [2.45, 2.75) is 28.5 Å². The van der Waals surface area contributed by atoms with Gasteiger partial charge in [0, 0.05) is 90.4 Å². The van der Waals surface area contributed by atoms with Crippen LogP contribution in [0, 0.1) is 5.92 Å². The molecule has 4 bridgehead atoms. The van der Waals surface area contributed by atoms with E-state index in [1.54, 1.807) is 0 Å². The van der Waals surface area contributed by atoms with Gasteiger partial charge in [0.1, 0.15) is 0 Å².